The number of amides is 1. The van der Waals surface area contributed by atoms with Gasteiger partial charge in [0.2, 0.25) is 5.91 Å². The third-order valence-corrected chi connectivity index (χ3v) is 4.07. The van der Waals surface area contributed by atoms with E-state index in [9.17, 15) is 9.59 Å². The summed E-state index contributed by atoms with van der Waals surface area (Å²) in [6, 6.07) is 0. The Bertz CT molecular complexity index is 804. The molecule has 1 N–H and O–H groups in total. The molecule has 8 nitrogen and oxygen atoms in total. The van der Waals surface area contributed by atoms with E-state index in [0.717, 1.165) is 23.9 Å². The van der Waals surface area contributed by atoms with Crippen molar-refractivity contribution >= 4 is 16.9 Å². The zero-order valence-electron chi connectivity index (χ0n) is 13.2. The highest BCUT2D eigenvalue weighted by molar-refractivity contribution is 5.76. The molecule has 2 aromatic heterocycles. The number of aromatic nitrogens is 5. The zero-order chi connectivity index (χ0) is 16.2. The summed E-state index contributed by atoms with van der Waals surface area (Å²) in [5, 5.41) is 14.9. The standard InChI is InChI=1S/C15H20N6O2/c1-20-14-12(9-17-20)15(23)21(19-18-14)10-13(22)16-8-7-11-5-3-2-4-6-11/h5,9H,2-4,6-8,10H2,1H3,(H,16,22). The SMILES string of the molecule is Cn1ncc2c(=O)n(CC(=O)NCCC3=CCCCC3)nnc21. The van der Waals surface area contributed by atoms with Gasteiger partial charge in [-0.1, -0.05) is 16.9 Å². The van der Waals surface area contributed by atoms with Crippen LogP contribution in [0.15, 0.2) is 22.6 Å². The lowest BCUT2D eigenvalue weighted by Crippen LogP contribution is -2.34. The Hall–Kier alpha value is -2.51. The molecule has 1 aliphatic carbocycles. The molecule has 0 atom stereocenters. The van der Waals surface area contributed by atoms with Crippen molar-refractivity contribution in [1.82, 2.24) is 30.1 Å². The number of rotatable bonds is 5. The molecule has 0 unspecified atom stereocenters. The molecule has 1 amide bonds. The minimum absolute atomic E-state index is 0.129. The van der Waals surface area contributed by atoms with Crippen molar-refractivity contribution < 1.29 is 4.79 Å². The largest absolute Gasteiger partial charge is 0.354 e. The molecule has 8 heteroatoms. The molecule has 0 radical (unpaired) electrons. The number of carbonyl (C=O) groups excluding carboxylic acids is 1. The van der Waals surface area contributed by atoms with Gasteiger partial charge in [0.25, 0.3) is 5.56 Å². The molecule has 23 heavy (non-hydrogen) atoms. The van der Waals surface area contributed by atoms with Crippen LogP contribution in [0.4, 0.5) is 0 Å². The molecule has 0 saturated heterocycles. The maximum Gasteiger partial charge on any atom is 0.281 e. The zero-order valence-corrected chi connectivity index (χ0v) is 13.2. The highest BCUT2D eigenvalue weighted by atomic mass is 16.2. The molecule has 0 spiro atoms. The van der Waals surface area contributed by atoms with Gasteiger partial charge in [-0.15, -0.1) is 5.10 Å². The maximum absolute atomic E-state index is 12.2. The lowest BCUT2D eigenvalue weighted by molar-refractivity contribution is -0.121. The summed E-state index contributed by atoms with van der Waals surface area (Å²) in [6.07, 6.45) is 9.33. The fraction of sp³-hybridized carbons (Fsp3) is 0.533. The van der Waals surface area contributed by atoms with Crippen LogP contribution in [-0.2, 0) is 18.4 Å². The highest BCUT2D eigenvalue weighted by Gasteiger charge is 2.12. The molecular formula is C15H20N6O2. The summed E-state index contributed by atoms with van der Waals surface area (Å²) < 4.78 is 2.55. The molecular weight excluding hydrogens is 296 g/mol. The Morgan fingerprint density at radius 3 is 3.04 bits per heavy atom. The number of hydrogen-bond acceptors (Lipinski definition) is 5. The second-order valence-corrected chi connectivity index (χ2v) is 5.77. The average Bonchev–Trinajstić information content (AvgIpc) is 2.93. The summed E-state index contributed by atoms with van der Waals surface area (Å²) in [4.78, 5) is 24.2. The van der Waals surface area contributed by atoms with Gasteiger partial charge in [0, 0.05) is 13.6 Å². The molecule has 3 rings (SSSR count). The second kappa shape index (κ2) is 6.72. The monoisotopic (exact) mass is 316 g/mol. The number of hydrogen-bond donors (Lipinski definition) is 1. The molecule has 1 aliphatic rings. The second-order valence-electron chi connectivity index (χ2n) is 5.77. The molecule has 2 heterocycles. The van der Waals surface area contributed by atoms with Crippen molar-refractivity contribution in [3.8, 4) is 0 Å². The van der Waals surface area contributed by atoms with Crippen molar-refractivity contribution in [2.75, 3.05) is 6.54 Å². The Kier molecular flexibility index (Phi) is 4.50. The normalized spacial score (nSPS) is 14.7. The van der Waals surface area contributed by atoms with Crippen molar-refractivity contribution in [3.05, 3.63) is 28.2 Å². The fourth-order valence-electron chi connectivity index (χ4n) is 2.77. The summed E-state index contributed by atoms with van der Waals surface area (Å²) in [7, 11) is 1.69. The Balaban J connectivity index is 1.58. The summed E-state index contributed by atoms with van der Waals surface area (Å²) in [5.74, 6) is -0.235. The predicted molar refractivity (Wildman–Crippen MR) is 84.7 cm³/mol. The Morgan fingerprint density at radius 2 is 2.26 bits per heavy atom. The van der Waals surface area contributed by atoms with Gasteiger partial charge in [-0.2, -0.15) is 5.10 Å². The van der Waals surface area contributed by atoms with E-state index in [0.29, 0.717) is 17.6 Å². The van der Waals surface area contributed by atoms with E-state index >= 15 is 0 Å². The van der Waals surface area contributed by atoms with Gasteiger partial charge in [-0.3, -0.25) is 9.59 Å². The first kappa shape index (κ1) is 15.4. The summed E-state index contributed by atoms with van der Waals surface area (Å²) in [5.41, 5.74) is 1.47. The van der Waals surface area contributed by atoms with Crippen LogP contribution in [0, 0.1) is 0 Å². The number of nitrogens with zero attached hydrogens (tertiary/aromatic N) is 5. The van der Waals surface area contributed by atoms with E-state index < -0.39 is 0 Å². The summed E-state index contributed by atoms with van der Waals surface area (Å²) in [6.45, 7) is 0.456. The number of allylic oxidation sites excluding steroid dienone is 1. The van der Waals surface area contributed by atoms with Gasteiger partial charge >= 0.3 is 0 Å². The van der Waals surface area contributed by atoms with E-state index in [1.165, 1.54) is 29.3 Å². The van der Waals surface area contributed by atoms with E-state index in [1.54, 1.807) is 7.05 Å². The first-order valence-electron chi connectivity index (χ1n) is 7.85. The molecule has 0 aliphatic heterocycles. The molecule has 0 fully saturated rings. The molecule has 0 aromatic carbocycles. The smallest absolute Gasteiger partial charge is 0.281 e. The highest BCUT2D eigenvalue weighted by Crippen LogP contribution is 2.19. The number of nitrogens with one attached hydrogen (secondary N) is 1. The molecule has 0 saturated carbocycles. The Labute approximate surface area is 133 Å². The molecule has 2 aromatic rings. The number of aryl methyl sites for hydroxylation is 1. The third-order valence-electron chi connectivity index (χ3n) is 4.07. The van der Waals surface area contributed by atoms with Crippen LogP contribution in [0.1, 0.15) is 32.1 Å². The number of fused-ring (bicyclic) bond motifs is 1. The topological polar surface area (TPSA) is 94.7 Å². The lowest BCUT2D eigenvalue weighted by Gasteiger charge is -2.13. The van der Waals surface area contributed by atoms with Gasteiger partial charge in [0.05, 0.1) is 6.20 Å². The van der Waals surface area contributed by atoms with Crippen molar-refractivity contribution in [1.29, 1.82) is 0 Å². The third kappa shape index (κ3) is 3.46. The van der Waals surface area contributed by atoms with Crippen LogP contribution in [0.5, 0.6) is 0 Å². The van der Waals surface area contributed by atoms with E-state index in [1.807, 2.05) is 0 Å². The van der Waals surface area contributed by atoms with Gasteiger partial charge in [-0.25, -0.2) is 9.36 Å². The van der Waals surface area contributed by atoms with Crippen molar-refractivity contribution in [2.45, 2.75) is 38.6 Å². The van der Waals surface area contributed by atoms with Crippen LogP contribution in [0.3, 0.4) is 0 Å². The van der Waals surface area contributed by atoms with Crippen LogP contribution in [0.25, 0.3) is 11.0 Å². The Morgan fingerprint density at radius 1 is 1.39 bits per heavy atom. The van der Waals surface area contributed by atoms with Gasteiger partial charge < -0.3 is 5.32 Å². The van der Waals surface area contributed by atoms with Gasteiger partial charge in [-0.05, 0) is 32.1 Å². The quantitative estimate of drug-likeness (QED) is 0.812. The van der Waals surface area contributed by atoms with Crippen LogP contribution < -0.4 is 10.9 Å². The summed E-state index contributed by atoms with van der Waals surface area (Å²) >= 11 is 0. The van der Waals surface area contributed by atoms with Gasteiger partial charge in [0.15, 0.2) is 5.65 Å². The molecule has 122 valence electrons. The first-order chi connectivity index (χ1) is 11.1. The first-order valence-corrected chi connectivity index (χ1v) is 7.85. The fourth-order valence-corrected chi connectivity index (χ4v) is 2.77. The van der Waals surface area contributed by atoms with E-state index in [4.69, 9.17) is 0 Å². The van der Waals surface area contributed by atoms with Crippen molar-refractivity contribution in [3.63, 3.8) is 0 Å². The average molecular weight is 316 g/mol. The van der Waals surface area contributed by atoms with Crippen LogP contribution in [-0.4, -0.2) is 37.2 Å². The van der Waals surface area contributed by atoms with Gasteiger partial charge in [0.1, 0.15) is 11.9 Å². The van der Waals surface area contributed by atoms with Crippen LogP contribution in [0.2, 0.25) is 0 Å². The predicted octanol–water partition coefficient (Wildman–Crippen LogP) is 0.532. The van der Waals surface area contributed by atoms with E-state index in [2.05, 4.69) is 26.8 Å². The van der Waals surface area contributed by atoms with E-state index in [-0.39, 0.29) is 18.0 Å². The maximum atomic E-state index is 12.2. The minimum Gasteiger partial charge on any atom is -0.354 e. The lowest BCUT2D eigenvalue weighted by atomic mass is 9.97. The minimum atomic E-state index is -0.353. The van der Waals surface area contributed by atoms with Crippen LogP contribution >= 0.6 is 0 Å². The molecule has 0 bridgehead atoms. The number of carbonyl (C=O) groups is 1. The van der Waals surface area contributed by atoms with Crippen molar-refractivity contribution in [2.24, 2.45) is 7.05 Å².